The van der Waals surface area contributed by atoms with E-state index < -0.39 is 0 Å². The molecule has 1 amide bonds. The maximum atomic E-state index is 12.4. The topological polar surface area (TPSA) is 79.0 Å². The molecule has 0 aliphatic carbocycles. The average molecular weight is 358 g/mol. The van der Waals surface area contributed by atoms with Crippen molar-refractivity contribution in [3.63, 3.8) is 0 Å². The van der Waals surface area contributed by atoms with Gasteiger partial charge in [0.1, 0.15) is 5.75 Å². The number of hydrogen-bond donors (Lipinski definition) is 3. The summed E-state index contributed by atoms with van der Waals surface area (Å²) in [5, 5.41) is 6.12. The number of nitrogens with zero attached hydrogens (tertiary/aromatic N) is 1. The van der Waals surface area contributed by atoms with Crippen molar-refractivity contribution < 1.29 is 9.53 Å². The Labute approximate surface area is 156 Å². The Morgan fingerprint density at radius 2 is 1.78 bits per heavy atom. The summed E-state index contributed by atoms with van der Waals surface area (Å²) < 4.78 is 5.42. The highest BCUT2D eigenvalue weighted by molar-refractivity contribution is 6.04. The van der Waals surface area contributed by atoms with Crippen molar-refractivity contribution in [2.24, 2.45) is 0 Å². The Balaban J connectivity index is 1.59. The zero-order valence-corrected chi connectivity index (χ0v) is 14.7. The molecule has 3 aromatic carbocycles. The fourth-order valence-electron chi connectivity index (χ4n) is 2.82. The summed E-state index contributed by atoms with van der Waals surface area (Å²) in [5.41, 5.74) is 3.76. The summed E-state index contributed by atoms with van der Waals surface area (Å²) in [6, 6.07) is 22.3. The smallest absolute Gasteiger partial charge is 0.255 e. The molecule has 0 radical (unpaired) electrons. The second-order valence-corrected chi connectivity index (χ2v) is 5.96. The Bertz CT molecular complexity index is 1060. The quantitative estimate of drug-likeness (QED) is 0.488. The zero-order chi connectivity index (χ0) is 18.6. The number of ether oxygens (including phenoxy) is 1. The van der Waals surface area contributed by atoms with Crippen molar-refractivity contribution in [2.75, 3.05) is 17.7 Å². The zero-order valence-electron chi connectivity index (χ0n) is 14.7. The predicted octanol–water partition coefficient (Wildman–Crippen LogP) is 4.57. The molecule has 0 fully saturated rings. The molecule has 6 heteroatoms. The van der Waals surface area contributed by atoms with Crippen LogP contribution in [0.3, 0.4) is 0 Å². The van der Waals surface area contributed by atoms with Gasteiger partial charge in [0, 0.05) is 11.3 Å². The molecule has 0 spiro atoms. The summed E-state index contributed by atoms with van der Waals surface area (Å²) in [6.07, 6.45) is 0. The summed E-state index contributed by atoms with van der Waals surface area (Å²) in [4.78, 5) is 20.1. The van der Waals surface area contributed by atoms with Gasteiger partial charge in [-0.05, 0) is 42.5 Å². The number of fused-ring (bicyclic) bond motifs is 1. The van der Waals surface area contributed by atoms with Crippen LogP contribution in [0.25, 0.3) is 11.0 Å². The minimum atomic E-state index is -0.171. The molecule has 4 aromatic rings. The van der Waals surface area contributed by atoms with E-state index in [1.54, 1.807) is 31.4 Å². The maximum absolute atomic E-state index is 12.4. The van der Waals surface area contributed by atoms with Crippen molar-refractivity contribution in [2.45, 2.75) is 0 Å². The van der Waals surface area contributed by atoms with Gasteiger partial charge in [0.2, 0.25) is 5.95 Å². The van der Waals surface area contributed by atoms with Gasteiger partial charge in [0.05, 0.1) is 23.8 Å². The molecular weight excluding hydrogens is 340 g/mol. The normalized spacial score (nSPS) is 10.6. The fourth-order valence-corrected chi connectivity index (χ4v) is 2.82. The lowest BCUT2D eigenvalue weighted by molar-refractivity contribution is 0.102. The van der Waals surface area contributed by atoms with Crippen molar-refractivity contribution in [3.05, 3.63) is 78.4 Å². The summed E-state index contributed by atoms with van der Waals surface area (Å²) in [5.74, 6) is 1.07. The van der Waals surface area contributed by atoms with Crippen molar-refractivity contribution in [1.29, 1.82) is 0 Å². The van der Waals surface area contributed by atoms with Crippen LogP contribution >= 0.6 is 0 Å². The third kappa shape index (κ3) is 3.59. The second-order valence-electron chi connectivity index (χ2n) is 5.96. The Morgan fingerprint density at radius 1 is 1.00 bits per heavy atom. The van der Waals surface area contributed by atoms with Gasteiger partial charge in [-0.25, -0.2) is 4.98 Å². The van der Waals surface area contributed by atoms with Crippen LogP contribution in [0.5, 0.6) is 5.75 Å². The number of methoxy groups -OCH3 is 1. The Kier molecular flexibility index (Phi) is 4.45. The number of amides is 1. The molecular formula is C21H18N4O2. The number of benzene rings is 3. The first-order valence-electron chi connectivity index (χ1n) is 8.49. The molecule has 0 saturated carbocycles. The molecule has 6 nitrogen and oxygen atoms in total. The number of carbonyl (C=O) groups is 1. The highest BCUT2D eigenvalue weighted by atomic mass is 16.5. The van der Waals surface area contributed by atoms with Crippen LogP contribution in [-0.4, -0.2) is 23.0 Å². The van der Waals surface area contributed by atoms with E-state index in [4.69, 9.17) is 4.74 Å². The van der Waals surface area contributed by atoms with Crippen LogP contribution in [-0.2, 0) is 0 Å². The highest BCUT2D eigenvalue weighted by Gasteiger charge is 2.10. The van der Waals surface area contributed by atoms with Gasteiger partial charge in [0.25, 0.3) is 5.91 Å². The van der Waals surface area contributed by atoms with Crippen molar-refractivity contribution in [1.82, 2.24) is 9.97 Å². The van der Waals surface area contributed by atoms with Crippen LogP contribution in [0.4, 0.5) is 17.3 Å². The van der Waals surface area contributed by atoms with E-state index in [2.05, 4.69) is 20.6 Å². The molecule has 27 heavy (non-hydrogen) atoms. The third-order valence-corrected chi connectivity index (χ3v) is 4.14. The van der Waals surface area contributed by atoms with Gasteiger partial charge in [-0.3, -0.25) is 4.79 Å². The van der Waals surface area contributed by atoms with E-state index in [1.807, 2.05) is 48.5 Å². The summed E-state index contributed by atoms with van der Waals surface area (Å²) in [6.45, 7) is 0. The van der Waals surface area contributed by atoms with Crippen molar-refractivity contribution in [3.8, 4) is 5.75 Å². The predicted molar refractivity (Wildman–Crippen MR) is 107 cm³/mol. The number of hydrogen-bond acceptors (Lipinski definition) is 4. The molecule has 0 aliphatic heterocycles. The lowest BCUT2D eigenvalue weighted by Gasteiger charge is -2.12. The SMILES string of the molecule is COc1ccc(NC(=O)c2ccccc2)cc1Nc1nc2ccccc2[nH]1. The lowest BCUT2D eigenvalue weighted by Crippen LogP contribution is -2.11. The Morgan fingerprint density at radius 3 is 2.56 bits per heavy atom. The van der Waals surface area contributed by atoms with E-state index in [1.165, 1.54) is 0 Å². The van der Waals surface area contributed by atoms with Crippen LogP contribution in [0, 0.1) is 0 Å². The third-order valence-electron chi connectivity index (χ3n) is 4.14. The summed E-state index contributed by atoms with van der Waals surface area (Å²) in [7, 11) is 1.60. The Hall–Kier alpha value is -3.80. The fraction of sp³-hybridized carbons (Fsp3) is 0.0476. The van der Waals surface area contributed by atoms with Crippen LogP contribution in [0.1, 0.15) is 10.4 Å². The largest absolute Gasteiger partial charge is 0.495 e. The minimum Gasteiger partial charge on any atom is -0.495 e. The molecule has 134 valence electrons. The van der Waals surface area contributed by atoms with Crippen LogP contribution in [0.2, 0.25) is 0 Å². The number of aromatic nitrogens is 2. The monoisotopic (exact) mass is 358 g/mol. The molecule has 0 atom stereocenters. The first-order chi connectivity index (χ1) is 13.2. The second kappa shape index (κ2) is 7.21. The van der Waals surface area contributed by atoms with Gasteiger partial charge >= 0.3 is 0 Å². The highest BCUT2D eigenvalue weighted by Crippen LogP contribution is 2.30. The number of carbonyl (C=O) groups excluding carboxylic acids is 1. The van der Waals surface area contributed by atoms with Crippen LogP contribution < -0.4 is 15.4 Å². The first-order valence-corrected chi connectivity index (χ1v) is 8.49. The standard InChI is InChI=1S/C21H18N4O2/c1-27-19-12-11-15(22-20(26)14-7-3-2-4-8-14)13-18(19)25-21-23-16-9-5-6-10-17(16)24-21/h2-13H,1H3,(H,22,26)(H2,23,24,25). The summed E-state index contributed by atoms with van der Waals surface area (Å²) >= 11 is 0. The molecule has 0 bridgehead atoms. The van der Waals surface area contributed by atoms with Gasteiger partial charge < -0.3 is 20.4 Å². The van der Waals surface area contributed by atoms with E-state index in [-0.39, 0.29) is 5.91 Å². The molecule has 1 aromatic heterocycles. The molecule has 0 unspecified atom stereocenters. The van der Waals surface area contributed by atoms with Crippen molar-refractivity contribution >= 4 is 34.3 Å². The van der Waals surface area contributed by atoms with Gasteiger partial charge in [0.15, 0.2) is 0 Å². The van der Waals surface area contributed by atoms with Gasteiger partial charge in [-0.2, -0.15) is 0 Å². The maximum Gasteiger partial charge on any atom is 0.255 e. The number of rotatable bonds is 5. The van der Waals surface area contributed by atoms with E-state index in [0.717, 1.165) is 11.0 Å². The number of nitrogens with one attached hydrogen (secondary N) is 3. The number of imidazole rings is 1. The van der Waals surface area contributed by atoms with E-state index in [9.17, 15) is 4.79 Å². The lowest BCUT2D eigenvalue weighted by atomic mass is 10.2. The van der Waals surface area contributed by atoms with Crippen LogP contribution in [0.15, 0.2) is 72.8 Å². The molecule has 0 saturated heterocycles. The molecule has 1 heterocycles. The number of aromatic amines is 1. The number of H-pyrrole nitrogens is 1. The van der Waals surface area contributed by atoms with Gasteiger partial charge in [-0.1, -0.05) is 30.3 Å². The number of para-hydroxylation sites is 2. The van der Waals surface area contributed by atoms with Gasteiger partial charge in [-0.15, -0.1) is 0 Å². The molecule has 0 aliphatic rings. The van der Waals surface area contributed by atoms with E-state index >= 15 is 0 Å². The average Bonchev–Trinajstić information content (AvgIpc) is 3.11. The minimum absolute atomic E-state index is 0.171. The van der Waals surface area contributed by atoms with E-state index in [0.29, 0.717) is 28.6 Å². The first kappa shape index (κ1) is 16.7. The number of anilines is 3. The molecule has 4 rings (SSSR count). The molecule has 3 N–H and O–H groups in total.